The minimum atomic E-state index is 0.770. The molecule has 2 aliphatic rings. The normalized spacial score (nSPS) is 19.4. The molecule has 0 radical (unpaired) electrons. The summed E-state index contributed by atoms with van der Waals surface area (Å²) >= 11 is 0. The first-order valence-corrected chi connectivity index (χ1v) is 9.68. The Morgan fingerprint density at radius 3 is 2.46 bits per heavy atom. The Bertz CT molecular complexity index is 895. The van der Waals surface area contributed by atoms with Crippen molar-refractivity contribution in [1.29, 1.82) is 0 Å². The Balaban J connectivity index is 1.59. The second-order valence-corrected chi connectivity index (χ2v) is 6.83. The molecule has 5 heteroatoms. The van der Waals surface area contributed by atoms with Gasteiger partial charge in [-0.3, -0.25) is 4.98 Å². The van der Waals surface area contributed by atoms with E-state index in [1.165, 1.54) is 22.4 Å². The van der Waals surface area contributed by atoms with Gasteiger partial charge >= 0.3 is 0 Å². The van der Waals surface area contributed by atoms with Gasteiger partial charge in [0.2, 0.25) is 0 Å². The van der Waals surface area contributed by atoms with Gasteiger partial charge < -0.3 is 9.64 Å². The van der Waals surface area contributed by atoms with Crippen LogP contribution in [0.15, 0.2) is 81.9 Å². The van der Waals surface area contributed by atoms with Crippen molar-refractivity contribution < 1.29 is 4.74 Å². The molecule has 5 nitrogen and oxygen atoms in total. The van der Waals surface area contributed by atoms with Crippen molar-refractivity contribution in [3.63, 3.8) is 0 Å². The van der Waals surface area contributed by atoms with Crippen molar-refractivity contribution in [2.45, 2.75) is 12.8 Å². The van der Waals surface area contributed by atoms with E-state index in [1.807, 2.05) is 24.4 Å². The Kier molecular flexibility index (Phi) is 6.05. The quantitative estimate of drug-likeness (QED) is 0.590. The lowest BCUT2D eigenvalue weighted by Crippen LogP contribution is -2.36. The number of benzene rings is 1. The Morgan fingerprint density at radius 2 is 1.68 bits per heavy atom. The van der Waals surface area contributed by atoms with E-state index < -0.39 is 0 Å². The second-order valence-electron chi connectivity index (χ2n) is 6.83. The Hall–Kier alpha value is -3.05. The van der Waals surface area contributed by atoms with E-state index in [4.69, 9.17) is 4.74 Å². The van der Waals surface area contributed by atoms with Gasteiger partial charge in [-0.2, -0.15) is 10.2 Å². The minimum absolute atomic E-state index is 0.770. The van der Waals surface area contributed by atoms with Crippen LogP contribution in [0.25, 0.3) is 6.08 Å². The van der Waals surface area contributed by atoms with Gasteiger partial charge in [0.25, 0.3) is 0 Å². The molecule has 4 rings (SSSR count). The van der Waals surface area contributed by atoms with Crippen LogP contribution in [0.5, 0.6) is 0 Å². The Labute approximate surface area is 165 Å². The number of pyridine rings is 1. The molecule has 0 saturated carbocycles. The SMILES string of the molecule is C(=N\N=C\c1cccnc1)/C1=C(N2CCOCC2)C(=C/c2ccccc2)/CC1. The summed E-state index contributed by atoms with van der Waals surface area (Å²) in [6.45, 7) is 3.37. The zero-order valence-electron chi connectivity index (χ0n) is 15.9. The topological polar surface area (TPSA) is 50.1 Å². The lowest BCUT2D eigenvalue weighted by Gasteiger charge is -2.31. The van der Waals surface area contributed by atoms with Crippen LogP contribution in [0.2, 0.25) is 0 Å². The zero-order valence-corrected chi connectivity index (χ0v) is 15.9. The minimum Gasteiger partial charge on any atom is -0.378 e. The van der Waals surface area contributed by atoms with E-state index >= 15 is 0 Å². The van der Waals surface area contributed by atoms with Crippen LogP contribution in [0.3, 0.4) is 0 Å². The number of allylic oxidation sites excluding steroid dienone is 2. The van der Waals surface area contributed by atoms with Crippen LogP contribution < -0.4 is 0 Å². The van der Waals surface area contributed by atoms with Crippen LogP contribution in [0.4, 0.5) is 0 Å². The lowest BCUT2D eigenvalue weighted by molar-refractivity contribution is 0.0548. The van der Waals surface area contributed by atoms with Crippen LogP contribution in [0.1, 0.15) is 24.0 Å². The lowest BCUT2D eigenvalue weighted by atomic mass is 10.1. The van der Waals surface area contributed by atoms with Crippen molar-refractivity contribution in [2.75, 3.05) is 26.3 Å². The molecule has 1 saturated heterocycles. The fraction of sp³-hybridized carbons (Fsp3) is 0.261. The fourth-order valence-electron chi connectivity index (χ4n) is 3.58. The van der Waals surface area contributed by atoms with Crippen molar-refractivity contribution in [1.82, 2.24) is 9.88 Å². The van der Waals surface area contributed by atoms with Crippen LogP contribution in [-0.4, -0.2) is 48.6 Å². The van der Waals surface area contributed by atoms with Crippen molar-refractivity contribution in [3.05, 3.63) is 82.8 Å². The predicted octanol–water partition coefficient (Wildman–Crippen LogP) is 3.95. The summed E-state index contributed by atoms with van der Waals surface area (Å²) in [4.78, 5) is 6.51. The third-order valence-electron chi connectivity index (χ3n) is 4.91. The molecule has 0 unspecified atom stereocenters. The molecule has 1 fully saturated rings. The Morgan fingerprint density at radius 1 is 0.893 bits per heavy atom. The summed E-state index contributed by atoms with van der Waals surface area (Å²) in [5.74, 6) is 0. The van der Waals surface area contributed by atoms with Gasteiger partial charge in [0.1, 0.15) is 0 Å². The first-order chi connectivity index (χ1) is 13.9. The summed E-state index contributed by atoms with van der Waals surface area (Å²) in [7, 11) is 0. The van der Waals surface area contributed by atoms with E-state index in [9.17, 15) is 0 Å². The van der Waals surface area contributed by atoms with Gasteiger partial charge in [0.05, 0.1) is 25.6 Å². The third kappa shape index (κ3) is 4.61. The largest absolute Gasteiger partial charge is 0.378 e. The molecule has 0 atom stereocenters. The first kappa shape index (κ1) is 18.3. The van der Waals surface area contributed by atoms with Crippen LogP contribution >= 0.6 is 0 Å². The highest BCUT2D eigenvalue weighted by atomic mass is 16.5. The molecule has 1 aliphatic carbocycles. The third-order valence-corrected chi connectivity index (χ3v) is 4.91. The number of hydrogen-bond acceptors (Lipinski definition) is 5. The number of ether oxygens (including phenoxy) is 1. The molecule has 2 aromatic rings. The molecule has 0 amide bonds. The summed E-state index contributed by atoms with van der Waals surface area (Å²) in [5, 5.41) is 8.51. The summed E-state index contributed by atoms with van der Waals surface area (Å²) in [6.07, 6.45) is 11.5. The van der Waals surface area contributed by atoms with Crippen LogP contribution in [0, 0.1) is 0 Å². The second kappa shape index (κ2) is 9.24. The number of aromatic nitrogens is 1. The molecule has 0 bridgehead atoms. The average molecular weight is 372 g/mol. The van der Waals surface area contributed by atoms with Crippen LogP contribution in [-0.2, 0) is 4.74 Å². The molecule has 1 aromatic carbocycles. The molecule has 1 aliphatic heterocycles. The molecular formula is C23H24N4O. The molecular weight excluding hydrogens is 348 g/mol. The summed E-state index contributed by atoms with van der Waals surface area (Å²) < 4.78 is 5.55. The first-order valence-electron chi connectivity index (χ1n) is 9.68. The molecule has 28 heavy (non-hydrogen) atoms. The predicted molar refractivity (Wildman–Crippen MR) is 113 cm³/mol. The number of rotatable bonds is 5. The monoisotopic (exact) mass is 372 g/mol. The number of hydrogen-bond donors (Lipinski definition) is 0. The highest BCUT2D eigenvalue weighted by molar-refractivity contribution is 5.85. The van der Waals surface area contributed by atoms with Gasteiger partial charge in [-0.25, -0.2) is 0 Å². The average Bonchev–Trinajstić information content (AvgIpc) is 3.15. The fourth-order valence-corrected chi connectivity index (χ4v) is 3.58. The molecule has 2 heterocycles. The standard InChI is InChI=1S/C23H24N4O/c1-2-5-19(6-3-1)15-21-8-9-22(23(21)27-11-13-28-14-12-27)18-26-25-17-20-7-4-10-24-16-20/h1-7,10,15-18H,8-9,11-14H2/b21-15+,25-17+,26-18+. The maximum Gasteiger partial charge on any atom is 0.0642 e. The highest BCUT2D eigenvalue weighted by Crippen LogP contribution is 2.35. The van der Waals surface area contributed by atoms with E-state index in [1.54, 1.807) is 18.6 Å². The van der Waals surface area contributed by atoms with Crippen molar-refractivity contribution in [2.24, 2.45) is 10.2 Å². The maximum atomic E-state index is 5.55. The van der Waals surface area contributed by atoms with Crippen molar-refractivity contribution in [3.8, 4) is 0 Å². The van der Waals surface area contributed by atoms with Crippen molar-refractivity contribution >= 4 is 18.5 Å². The zero-order chi connectivity index (χ0) is 19.0. The number of nitrogens with zero attached hydrogens (tertiary/aromatic N) is 4. The van der Waals surface area contributed by atoms with E-state index in [-0.39, 0.29) is 0 Å². The van der Waals surface area contributed by atoms with E-state index in [0.29, 0.717) is 0 Å². The van der Waals surface area contributed by atoms with Gasteiger partial charge in [0, 0.05) is 36.7 Å². The highest BCUT2D eigenvalue weighted by Gasteiger charge is 2.25. The molecule has 142 valence electrons. The smallest absolute Gasteiger partial charge is 0.0642 e. The molecule has 0 N–H and O–H groups in total. The van der Waals surface area contributed by atoms with Gasteiger partial charge in [-0.15, -0.1) is 0 Å². The molecule has 1 aromatic heterocycles. The van der Waals surface area contributed by atoms with E-state index in [0.717, 1.165) is 44.7 Å². The van der Waals surface area contributed by atoms with Gasteiger partial charge in [-0.05, 0) is 41.7 Å². The van der Waals surface area contributed by atoms with E-state index in [2.05, 4.69) is 50.4 Å². The molecule has 0 spiro atoms. The maximum absolute atomic E-state index is 5.55. The van der Waals surface area contributed by atoms with Gasteiger partial charge in [-0.1, -0.05) is 36.4 Å². The number of morpholine rings is 1. The summed E-state index contributed by atoms with van der Waals surface area (Å²) in [5.41, 5.74) is 6.08. The van der Waals surface area contributed by atoms with Gasteiger partial charge in [0.15, 0.2) is 0 Å². The summed E-state index contributed by atoms with van der Waals surface area (Å²) in [6, 6.07) is 14.3.